The van der Waals surface area contributed by atoms with E-state index in [4.69, 9.17) is 0 Å². The highest BCUT2D eigenvalue weighted by Crippen LogP contribution is 2.40. The molecule has 0 amide bonds. The zero-order valence-electron chi connectivity index (χ0n) is 24.9. The van der Waals surface area contributed by atoms with E-state index in [2.05, 4.69) is 153 Å². The highest BCUT2D eigenvalue weighted by Gasteiger charge is 2.22. The van der Waals surface area contributed by atoms with Gasteiger partial charge in [0.05, 0.1) is 22.1 Å². The van der Waals surface area contributed by atoms with Gasteiger partial charge in [-0.05, 0) is 86.3 Å². The third-order valence-corrected chi connectivity index (χ3v) is 9.96. The summed E-state index contributed by atoms with van der Waals surface area (Å²) < 4.78 is 7.44. The molecule has 0 spiro atoms. The van der Waals surface area contributed by atoms with Gasteiger partial charge in [0.2, 0.25) is 0 Å². The summed E-state index contributed by atoms with van der Waals surface area (Å²) in [6.45, 7) is 0. The lowest BCUT2D eigenvalue weighted by Crippen LogP contribution is -2.03. The second-order valence-corrected chi connectivity index (χ2v) is 12.4. The minimum Gasteiger partial charge on any atom is -0.313 e. The molecule has 3 nitrogen and oxygen atoms in total. The zero-order valence-corrected chi connectivity index (χ0v) is 24.9. The molecule has 8 aromatic rings. The molecule has 0 radical (unpaired) electrons. The Bertz CT molecular complexity index is 2370. The molecule has 0 aliphatic heterocycles. The Morgan fingerprint density at radius 3 is 1.38 bits per heavy atom. The monoisotopic (exact) mass is 577 g/mol. The molecule has 3 aromatic heterocycles. The van der Waals surface area contributed by atoms with Crippen molar-refractivity contribution in [1.29, 1.82) is 0 Å². The molecule has 3 heteroatoms. The van der Waals surface area contributed by atoms with Crippen LogP contribution in [0.2, 0.25) is 0 Å². The summed E-state index contributed by atoms with van der Waals surface area (Å²) in [5.74, 6) is 0. The molecular weight excluding hydrogens is 546 g/mol. The second kappa shape index (κ2) is 9.48. The van der Waals surface area contributed by atoms with E-state index in [1.165, 1.54) is 83.2 Å². The number of nitrogens with zero attached hydrogens (tertiary/aromatic N) is 3. The molecule has 45 heavy (non-hydrogen) atoms. The van der Waals surface area contributed by atoms with Crippen LogP contribution in [0, 0.1) is 0 Å². The summed E-state index contributed by atoms with van der Waals surface area (Å²) in [4.78, 5) is 0. The Balaban J connectivity index is 1.28. The van der Waals surface area contributed by atoms with E-state index in [1.54, 1.807) is 0 Å². The van der Waals surface area contributed by atoms with E-state index in [-0.39, 0.29) is 0 Å². The maximum Gasteiger partial charge on any atom is 0.0542 e. The van der Waals surface area contributed by atoms with Crippen molar-refractivity contribution < 1.29 is 0 Å². The van der Waals surface area contributed by atoms with E-state index >= 15 is 0 Å². The number of fused-ring (bicyclic) bond motifs is 9. The van der Waals surface area contributed by atoms with Crippen molar-refractivity contribution in [1.82, 2.24) is 13.7 Å². The van der Waals surface area contributed by atoms with Gasteiger partial charge in [-0.2, -0.15) is 0 Å². The smallest absolute Gasteiger partial charge is 0.0542 e. The number of allylic oxidation sites excluding steroid dienone is 2. The Kier molecular flexibility index (Phi) is 5.23. The van der Waals surface area contributed by atoms with Crippen LogP contribution in [0.25, 0.3) is 72.8 Å². The number of rotatable bonds is 3. The maximum absolute atomic E-state index is 2.51. The number of aromatic nitrogens is 3. The van der Waals surface area contributed by atoms with E-state index in [1.807, 2.05) is 0 Å². The summed E-state index contributed by atoms with van der Waals surface area (Å²) in [6.07, 6.45) is 13.5. The van der Waals surface area contributed by atoms with Crippen molar-refractivity contribution in [2.75, 3.05) is 0 Å². The summed E-state index contributed by atoms with van der Waals surface area (Å²) in [7, 11) is 0. The van der Waals surface area contributed by atoms with Crippen LogP contribution >= 0.6 is 0 Å². The first-order valence-electron chi connectivity index (χ1n) is 16.1. The molecule has 2 aliphatic rings. The average Bonchev–Trinajstić information content (AvgIpc) is 3.74. The van der Waals surface area contributed by atoms with Crippen LogP contribution in [0.1, 0.15) is 35.4 Å². The minimum atomic E-state index is 1.05. The third kappa shape index (κ3) is 3.52. The van der Waals surface area contributed by atoms with Gasteiger partial charge in [0, 0.05) is 61.1 Å². The first-order chi connectivity index (χ1) is 22.3. The van der Waals surface area contributed by atoms with Crippen LogP contribution in [-0.2, 0) is 12.8 Å². The quantitative estimate of drug-likeness (QED) is 0.198. The SMILES string of the molecule is C1=Cc2c(n(-c3ccc4c(c3)c3cc(-n5c6c(c7ccccc75)C=CCC6)ccc3n4-c3ccccc3)c3ccccc23)CC1. The van der Waals surface area contributed by atoms with Gasteiger partial charge in [0.1, 0.15) is 0 Å². The van der Waals surface area contributed by atoms with E-state index in [0.717, 1.165) is 25.7 Å². The molecule has 0 unspecified atom stereocenters. The minimum absolute atomic E-state index is 1.05. The summed E-state index contributed by atoms with van der Waals surface area (Å²) >= 11 is 0. The van der Waals surface area contributed by atoms with E-state index in [0.29, 0.717) is 0 Å². The van der Waals surface area contributed by atoms with E-state index < -0.39 is 0 Å². The Labute approximate surface area is 261 Å². The van der Waals surface area contributed by atoms with Gasteiger partial charge in [-0.15, -0.1) is 0 Å². The van der Waals surface area contributed by atoms with Crippen molar-refractivity contribution >= 4 is 55.8 Å². The fraction of sp³-hybridized carbons (Fsp3) is 0.0952. The molecule has 0 bridgehead atoms. The predicted molar refractivity (Wildman–Crippen MR) is 189 cm³/mol. The fourth-order valence-electron chi connectivity index (χ4n) is 8.07. The molecule has 10 rings (SSSR count). The van der Waals surface area contributed by atoms with Crippen molar-refractivity contribution in [2.24, 2.45) is 0 Å². The molecule has 0 saturated heterocycles. The highest BCUT2D eigenvalue weighted by molar-refractivity contribution is 6.11. The molecule has 2 aliphatic carbocycles. The fourth-order valence-corrected chi connectivity index (χ4v) is 8.07. The molecule has 3 heterocycles. The molecule has 0 N–H and O–H groups in total. The van der Waals surface area contributed by atoms with Gasteiger partial charge < -0.3 is 13.7 Å². The molecule has 0 fully saturated rings. The van der Waals surface area contributed by atoms with Crippen molar-refractivity contribution in [2.45, 2.75) is 25.7 Å². The van der Waals surface area contributed by atoms with Crippen LogP contribution in [0.5, 0.6) is 0 Å². The first-order valence-corrected chi connectivity index (χ1v) is 16.1. The molecule has 0 atom stereocenters. The average molecular weight is 578 g/mol. The summed E-state index contributed by atoms with van der Waals surface area (Å²) in [5.41, 5.74) is 14.2. The number of hydrogen-bond donors (Lipinski definition) is 0. The van der Waals surface area contributed by atoms with Crippen LogP contribution in [0.15, 0.2) is 127 Å². The van der Waals surface area contributed by atoms with Gasteiger partial charge in [-0.1, -0.05) is 78.9 Å². The lowest BCUT2D eigenvalue weighted by Gasteiger charge is -2.14. The van der Waals surface area contributed by atoms with Crippen LogP contribution in [0.3, 0.4) is 0 Å². The van der Waals surface area contributed by atoms with E-state index in [9.17, 15) is 0 Å². The van der Waals surface area contributed by atoms with Crippen molar-refractivity contribution in [3.63, 3.8) is 0 Å². The van der Waals surface area contributed by atoms with Crippen LogP contribution in [0.4, 0.5) is 0 Å². The zero-order chi connectivity index (χ0) is 29.5. The second-order valence-electron chi connectivity index (χ2n) is 12.4. The Morgan fingerprint density at radius 1 is 0.378 bits per heavy atom. The van der Waals surface area contributed by atoms with Crippen molar-refractivity contribution in [3.8, 4) is 17.1 Å². The topological polar surface area (TPSA) is 14.8 Å². The molecule has 214 valence electrons. The number of benzene rings is 5. The summed E-state index contributed by atoms with van der Waals surface area (Å²) in [6, 6.07) is 42.6. The third-order valence-electron chi connectivity index (χ3n) is 9.96. The summed E-state index contributed by atoms with van der Waals surface area (Å²) in [5, 5.41) is 5.21. The largest absolute Gasteiger partial charge is 0.313 e. The standard InChI is InChI=1S/C42H31N3/c1-2-12-28(13-3-1)43-41-24-22-29(44-37-18-8-4-14-31(37)32-15-5-9-19-38(32)44)26-35(41)36-27-30(23-25-42(36)43)45-39-20-10-6-16-33(39)34-17-7-11-21-40(34)45/h1-8,10,12-18,20,22-27H,9,11,19,21H2. The van der Waals surface area contributed by atoms with Gasteiger partial charge in [0.25, 0.3) is 0 Å². The Morgan fingerprint density at radius 2 is 0.844 bits per heavy atom. The lowest BCUT2D eigenvalue weighted by atomic mass is 10.0. The maximum atomic E-state index is 2.51. The van der Waals surface area contributed by atoms with Gasteiger partial charge in [-0.3, -0.25) is 0 Å². The van der Waals surface area contributed by atoms with Crippen LogP contribution in [-0.4, -0.2) is 13.7 Å². The number of para-hydroxylation sites is 3. The molecule has 5 aromatic carbocycles. The van der Waals surface area contributed by atoms with Gasteiger partial charge >= 0.3 is 0 Å². The predicted octanol–water partition coefficient (Wildman–Crippen LogP) is 10.6. The van der Waals surface area contributed by atoms with Crippen molar-refractivity contribution in [3.05, 3.63) is 150 Å². The number of hydrogen-bond acceptors (Lipinski definition) is 0. The normalized spacial score (nSPS) is 14.1. The van der Waals surface area contributed by atoms with Gasteiger partial charge in [0.15, 0.2) is 0 Å². The first kappa shape index (κ1) is 24.9. The van der Waals surface area contributed by atoms with Gasteiger partial charge in [-0.25, -0.2) is 0 Å². The Hall–Kier alpha value is -5.54. The lowest BCUT2D eigenvalue weighted by molar-refractivity contribution is 0.889. The van der Waals surface area contributed by atoms with Crippen LogP contribution < -0.4 is 0 Å². The highest BCUT2D eigenvalue weighted by atomic mass is 15.0. The molecule has 0 saturated carbocycles. The molecular formula is C42H31N3.